The van der Waals surface area contributed by atoms with E-state index in [1.165, 1.54) is 18.2 Å². The molecule has 94 valence electrons. The number of phenolic OH excluding ortho intramolecular Hbond substituents is 2. The van der Waals surface area contributed by atoms with Crippen LogP contribution in [0.4, 0.5) is 0 Å². The van der Waals surface area contributed by atoms with Crippen LogP contribution in [0, 0.1) is 5.92 Å². The molecule has 5 nitrogen and oxygen atoms in total. The van der Waals surface area contributed by atoms with Gasteiger partial charge in [0.25, 0.3) is 0 Å². The number of rotatable bonds is 2. The summed E-state index contributed by atoms with van der Waals surface area (Å²) < 4.78 is 0. The highest BCUT2D eigenvalue weighted by Crippen LogP contribution is 2.30. The second kappa shape index (κ2) is 4.44. The van der Waals surface area contributed by atoms with E-state index in [2.05, 4.69) is 0 Å². The van der Waals surface area contributed by atoms with Gasteiger partial charge in [0.2, 0.25) is 0 Å². The standard InChI is InChI=1S/C13H12O5/c14-7-1-3-9(11(16)5-7)13(18)10-4-2-8(15)6-12(10)17/h1-3,5-6,10,14-17H,4H2. The first-order chi connectivity index (χ1) is 8.49. The van der Waals surface area contributed by atoms with Crippen molar-refractivity contribution in [2.24, 2.45) is 5.92 Å². The molecular formula is C13H12O5. The predicted molar refractivity (Wildman–Crippen MR) is 63.6 cm³/mol. The molecule has 0 amide bonds. The van der Waals surface area contributed by atoms with Gasteiger partial charge in [-0.2, -0.15) is 0 Å². The van der Waals surface area contributed by atoms with Crippen molar-refractivity contribution in [1.82, 2.24) is 0 Å². The zero-order chi connectivity index (χ0) is 13.3. The lowest BCUT2D eigenvalue weighted by Gasteiger charge is -2.17. The molecule has 0 saturated carbocycles. The fraction of sp³-hybridized carbons (Fsp3) is 0.154. The van der Waals surface area contributed by atoms with Crippen LogP contribution in [0.2, 0.25) is 0 Å². The van der Waals surface area contributed by atoms with Gasteiger partial charge in [-0.3, -0.25) is 4.79 Å². The van der Waals surface area contributed by atoms with Crippen LogP contribution in [0.3, 0.4) is 0 Å². The van der Waals surface area contributed by atoms with Crippen molar-refractivity contribution in [1.29, 1.82) is 0 Å². The van der Waals surface area contributed by atoms with Gasteiger partial charge in [0.05, 0.1) is 11.5 Å². The molecule has 5 heteroatoms. The van der Waals surface area contributed by atoms with E-state index < -0.39 is 11.7 Å². The number of carbonyl (C=O) groups excluding carboxylic acids is 1. The van der Waals surface area contributed by atoms with Gasteiger partial charge < -0.3 is 20.4 Å². The average Bonchev–Trinajstić information content (AvgIpc) is 2.28. The fourth-order valence-corrected chi connectivity index (χ4v) is 1.83. The number of hydrogen-bond acceptors (Lipinski definition) is 5. The van der Waals surface area contributed by atoms with Crippen LogP contribution in [-0.2, 0) is 0 Å². The van der Waals surface area contributed by atoms with E-state index in [0.717, 1.165) is 12.1 Å². The Kier molecular flexibility index (Phi) is 2.97. The number of aliphatic hydroxyl groups is 2. The Morgan fingerprint density at radius 3 is 2.50 bits per heavy atom. The molecule has 0 fully saturated rings. The maximum absolute atomic E-state index is 12.1. The molecule has 0 aromatic heterocycles. The molecule has 1 atom stereocenters. The van der Waals surface area contributed by atoms with Crippen molar-refractivity contribution < 1.29 is 25.2 Å². The molecule has 0 saturated heterocycles. The first-order valence-electron chi connectivity index (χ1n) is 5.35. The Morgan fingerprint density at radius 1 is 1.17 bits per heavy atom. The van der Waals surface area contributed by atoms with Crippen molar-refractivity contribution in [2.45, 2.75) is 6.42 Å². The molecule has 1 aliphatic rings. The summed E-state index contributed by atoms with van der Waals surface area (Å²) in [6, 6.07) is 3.63. The van der Waals surface area contributed by atoms with Gasteiger partial charge in [-0.15, -0.1) is 0 Å². The van der Waals surface area contributed by atoms with Crippen LogP contribution < -0.4 is 0 Å². The largest absolute Gasteiger partial charge is 0.511 e. The van der Waals surface area contributed by atoms with Gasteiger partial charge in [0.15, 0.2) is 5.78 Å². The average molecular weight is 248 g/mol. The second-order valence-electron chi connectivity index (χ2n) is 4.05. The van der Waals surface area contributed by atoms with E-state index in [0.29, 0.717) is 0 Å². The number of carbonyl (C=O) groups is 1. The molecule has 0 heterocycles. The number of ketones is 1. The van der Waals surface area contributed by atoms with Crippen LogP contribution in [0.1, 0.15) is 16.8 Å². The van der Waals surface area contributed by atoms with E-state index >= 15 is 0 Å². The number of allylic oxidation sites excluding steroid dienone is 3. The highest BCUT2D eigenvalue weighted by molar-refractivity contribution is 6.01. The third-order valence-corrected chi connectivity index (χ3v) is 2.78. The van der Waals surface area contributed by atoms with Gasteiger partial charge in [-0.05, 0) is 24.6 Å². The normalized spacial score (nSPS) is 19.0. The number of hydrogen-bond donors (Lipinski definition) is 4. The van der Waals surface area contributed by atoms with Crippen molar-refractivity contribution >= 4 is 5.78 Å². The summed E-state index contributed by atoms with van der Waals surface area (Å²) in [6.45, 7) is 0. The number of benzene rings is 1. The van der Waals surface area contributed by atoms with E-state index in [-0.39, 0.29) is 35.0 Å². The van der Waals surface area contributed by atoms with Gasteiger partial charge in [0.1, 0.15) is 23.0 Å². The predicted octanol–water partition coefficient (Wildman–Crippen LogP) is 2.18. The lowest BCUT2D eigenvalue weighted by atomic mass is 9.89. The number of aromatic hydroxyl groups is 2. The minimum absolute atomic E-state index is 0.0209. The van der Waals surface area contributed by atoms with E-state index in [1.807, 2.05) is 0 Å². The van der Waals surface area contributed by atoms with E-state index in [1.54, 1.807) is 0 Å². The monoisotopic (exact) mass is 248 g/mol. The Bertz CT molecular complexity index is 557. The van der Waals surface area contributed by atoms with E-state index in [4.69, 9.17) is 5.11 Å². The molecule has 18 heavy (non-hydrogen) atoms. The minimum Gasteiger partial charge on any atom is -0.511 e. The molecule has 0 radical (unpaired) electrons. The molecule has 0 bridgehead atoms. The topological polar surface area (TPSA) is 98.0 Å². The van der Waals surface area contributed by atoms with Crippen molar-refractivity contribution in [3.63, 3.8) is 0 Å². The summed E-state index contributed by atoms with van der Waals surface area (Å²) in [7, 11) is 0. The lowest BCUT2D eigenvalue weighted by Crippen LogP contribution is -2.19. The summed E-state index contributed by atoms with van der Waals surface area (Å²) >= 11 is 0. The first-order valence-corrected chi connectivity index (χ1v) is 5.35. The molecule has 4 N–H and O–H groups in total. The highest BCUT2D eigenvalue weighted by Gasteiger charge is 2.27. The summed E-state index contributed by atoms with van der Waals surface area (Å²) in [5.74, 6) is -2.11. The zero-order valence-electron chi connectivity index (χ0n) is 9.37. The molecule has 1 unspecified atom stereocenters. The van der Waals surface area contributed by atoms with Gasteiger partial charge in [-0.25, -0.2) is 0 Å². The fourth-order valence-electron chi connectivity index (χ4n) is 1.83. The Balaban J connectivity index is 2.30. The summed E-state index contributed by atoms with van der Waals surface area (Å²) in [5.41, 5.74) is 0.0209. The third kappa shape index (κ3) is 2.15. The Labute approximate surface area is 103 Å². The Morgan fingerprint density at radius 2 is 1.89 bits per heavy atom. The molecule has 1 aromatic rings. The molecule has 0 spiro atoms. The lowest BCUT2D eigenvalue weighted by molar-refractivity contribution is 0.0909. The zero-order valence-corrected chi connectivity index (χ0v) is 9.37. The summed E-state index contributed by atoms with van der Waals surface area (Å²) in [5, 5.41) is 37.5. The third-order valence-electron chi connectivity index (χ3n) is 2.78. The Hall–Kier alpha value is -2.43. The maximum Gasteiger partial charge on any atom is 0.177 e. The number of phenols is 2. The smallest absolute Gasteiger partial charge is 0.177 e. The van der Waals surface area contributed by atoms with Gasteiger partial charge in [-0.1, -0.05) is 0 Å². The quantitative estimate of drug-likeness (QED) is 0.601. The molecule has 1 aromatic carbocycles. The van der Waals surface area contributed by atoms with Crippen LogP contribution in [0.15, 0.2) is 41.9 Å². The second-order valence-corrected chi connectivity index (χ2v) is 4.05. The molecule has 1 aliphatic carbocycles. The maximum atomic E-state index is 12.1. The van der Waals surface area contributed by atoms with Crippen LogP contribution in [-0.4, -0.2) is 26.2 Å². The first kappa shape index (κ1) is 12.0. The SMILES string of the molecule is O=C(c1ccc(O)cc1O)C1CC=C(O)C=C1O. The van der Waals surface area contributed by atoms with Gasteiger partial charge in [0, 0.05) is 12.1 Å². The van der Waals surface area contributed by atoms with E-state index in [9.17, 15) is 20.1 Å². The van der Waals surface area contributed by atoms with Gasteiger partial charge >= 0.3 is 0 Å². The number of aliphatic hydroxyl groups excluding tert-OH is 2. The van der Waals surface area contributed by atoms with Crippen LogP contribution >= 0.6 is 0 Å². The summed E-state index contributed by atoms with van der Waals surface area (Å²) in [6.07, 6.45) is 2.68. The van der Waals surface area contributed by atoms with Crippen molar-refractivity contribution in [3.8, 4) is 11.5 Å². The summed E-state index contributed by atoms with van der Waals surface area (Å²) in [4.78, 5) is 12.1. The van der Waals surface area contributed by atoms with Crippen molar-refractivity contribution in [2.75, 3.05) is 0 Å². The minimum atomic E-state index is -0.823. The van der Waals surface area contributed by atoms with Crippen LogP contribution in [0.5, 0.6) is 11.5 Å². The molecule has 0 aliphatic heterocycles. The van der Waals surface area contributed by atoms with Crippen molar-refractivity contribution in [3.05, 3.63) is 47.4 Å². The number of Topliss-reactive ketones (excluding diaryl/α,β-unsaturated/α-hetero) is 1. The van der Waals surface area contributed by atoms with Crippen LogP contribution in [0.25, 0.3) is 0 Å². The molecular weight excluding hydrogens is 236 g/mol. The highest BCUT2D eigenvalue weighted by atomic mass is 16.3. The molecule has 2 rings (SSSR count).